The second-order valence-corrected chi connectivity index (χ2v) is 1.71. The predicted molar refractivity (Wildman–Crippen MR) is 39.0 cm³/mol. The van der Waals surface area contributed by atoms with Crippen molar-refractivity contribution >= 4 is 5.97 Å². The zero-order chi connectivity index (χ0) is 7.98. The summed E-state index contributed by atoms with van der Waals surface area (Å²) in [5.74, 6) is 2.08. The molecule has 0 N–H and O–H groups in total. The first-order valence-electron chi connectivity index (χ1n) is 2.98. The van der Waals surface area contributed by atoms with Gasteiger partial charge in [0.15, 0.2) is 0 Å². The van der Waals surface area contributed by atoms with Crippen molar-refractivity contribution in [2.75, 3.05) is 0 Å². The monoisotopic (exact) mass is 138 g/mol. The van der Waals surface area contributed by atoms with Crippen molar-refractivity contribution in [2.45, 2.75) is 20.8 Å². The number of hydrogen-bond acceptors (Lipinski definition) is 2. The minimum absolute atomic E-state index is 0.378. The molecule has 0 saturated heterocycles. The van der Waals surface area contributed by atoms with Gasteiger partial charge in [-0.3, -0.25) is 0 Å². The Hall–Kier alpha value is -1.23. The van der Waals surface area contributed by atoms with E-state index in [-0.39, 0.29) is 5.97 Å². The summed E-state index contributed by atoms with van der Waals surface area (Å²) < 4.78 is 4.48. The van der Waals surface area contributed by atoms with Crippen LogP contribution in [0.1, 0.15) is 20.8 Å². The lowest BCUT2D eigenvalue weighted by Gasteiger charge is -1.92. The van der Waals surface area contributed by atoms with E-state index < -0.39 is 0 Å². The zero-order valence-corrected chi connectivity index (χ0v) is 6.39. The summed E-state index contributed by atoms with van der Waals surface area (Å²) in [5.41, 5.74) is 0.572. The van der Waals surface area contributed by atoms with Crippen LogP contribution in [-0.4, -0.2) is 5.97 Å². The van der Waals surface area contributed by atoms with Crippen LogP contribution in [0.15, 0.2) is 11.6 Å². The van der Waals surface area contributed by atoms with Crippen molar-refractivity contribution in [1.82, 2.24) is 0 Å². The molecule has 0 aromatic carbocycles. The van der Waals surface area contributed by atoms with E-state index >= 15 is 0 Å². The highest BCUT2D eigenvalue weighted by Crippen LogP contribution is 1.93. The van der Waals surface area contributed by atoms with Crippen molar-refractivity contribution in [1.29, 1.82) is 0 Å². The first-order valence-corrected chi connectivity index (χ1v) is 2.98. The summed E-state index contributed by atoms with van der Waals surface area (Å²) in [5, 5.41) is 0. The largest absolute Gasteiger partial charge is 0.369 e. The topological polar surface area (TPSA) is 26.3 Å². The molecule has 54 valence electrons. The molecule has 10 heavy (non-hydrogen) atoms. The fraction of sp³-hybridized carbons (Fsp3) is 0.375. The summed E-state index contributed by atoms with van der Waals surface area (Å²) in [6, 6.07) is 0. The Morgan fingerprint density at radius 1 is 1.60 bits per heavy atom. The molecule has 0 aliphatic carbocycles. The Labute approximate surface area is 60.9 Å². The normalized spacial score (nSPS) is 9.70. The first kappa shape index (κ1) is 8.77. The minimum Gasteiger partial charge on any atom is -0.369 e. The van der Waals surface area contributed by atoms with Crippen LogP contribution in [0.4, 0.5) is 0 Å². The van der Waals surface area contributed by atoms with Crippen molar-refractivity contribution in [3.8, 4) is 12.0 Å². The lowest BCUT2D eigenvalue weighted by atomic mass is 10.3. The number of carbonyl (C=O) groups excluding carboxylic acids is 1. The van der Waals surface area contributed by atoms with Gasteiger partial charge in [-0.15, -0.1) is 0 Å². The maximum absolute atomic E-state index is 10.7. The lowest BCUT2D eigenvalue weighted by molar-refractivity contribution is -0.132. The first-order chi connectivity index (χ1) is 4.72. The van der Waals surface area contributed by atoms with Gasteiger partial charge in [0.2, 0.25) is 0 Å². The maximum atomic E-state index is 10.7. The van der Waals surface area contributed by atoms with Crippen molar-refractivity contribution in [2.24, 2.45) is 0 Å². The molecular weight excluding hydrogens is 128 g/mol. The molecule has 0 fully saturated rings. The molecule has 2 heteroatoms. The smallest absolute Gasteiger partial charge is 0.347 e. The molecule has 0 unspecified atom stereocenters. The summed E-state index contributed by atoms with van der Waals surface area (Å²) in [6.07, 6.45) is 3.90. The average Bonchev–Trinajstić information content (AvgIpc) is 1.98. The molecule has 0 bridgehead atoms. The molecular formula is C8H10O2. The third kappa shape index (κ3) is 2.93. The van der Waals surface area contributed by atoms with Crippen LogP contribution in [0.2, 0.25) is 0 Å². The van der Waals surface area contributed by atoms with Gasteiger partial charge < -0.3 is 4.74 Å². The third-order valence-corrected chi connectivity index (χ3v) is 1.00. The van der Waals surface area contributed by atoms with Crippen LogP contribution in [0, 0.1) is 12.0 Å². The highest BCUT2D eigenvalue weighted by molar-refractivity contribution is 5.88. The Morgan fingerprint density at radius 3 is 2.60 bits per heavy atom. The van der Waals surface area contributed by atoms with E-state index in [9.17, 15) is 4.79 Å². The fourth-order valence-electron chi connectivity index (χ4n) is 0.296. The van der Waals surface area contributed by atoms with E-state index in [1.165, 1.54) is 0 Å². The second-order valence-electron chi connectivity index (χ2n) is 1.71. The third-order valence-electron chi connectivity index (χ3n) is 1.00. The van der Waals surface area contributed by atoms with Crippen molar-refractivity contribution in [3.05, 3.63) is 11.6 Å². The predicted octanol–water partition coefficient (Wildman–Crippen LogP) is 1.48. The zero-order valence-electron chi connectivity index (χ0n) is 6.39. The molecule has 0 aliphatic heterocycles. The fourth-order valence-corrected chi connectivity index (χ4v) is 0.296. The highest BCUT2D eigenvalue weighted by atomic mass is 16.5. The summed E-state index contributed by atoms with van der Waals surface area (Å²) in [4.78, 5) is 10.7. The van der Waals surface area contributed by atoms with Crippen LogP contribution in [0.3, 0.4) is 0 Å². The Balaban J connectivity index is 3.94. The van der Waals surface area contributed by atoms with E-state index in [1.807, 2.05) is 0 Å². The van der Waals surface area contributed by atoms with Gasteiger partial charge in [0, 0.05) is 12.5 Å². The second kappa shape index (κ2) is 4.63. The van der Waals surface area contributed by atoms with Gasteiger partial charge in [-0.1, -0.05) is 12.0 Å². The lowest BCUT2D eigenvalue weighted by Crippen LogP contribution is -2.00. The Kier molecular flexibility index (Phi) is 4.06. The van der Waals surface area contributed by atoms with Crippen LogP contribution in [0.5, 0.6) is 0 Å². The molecule has 0 spiro atoms. The number of esters is 1. The molecule has 0 atom stereocenters. The average molecular weight is 138 g/mol. The van der Waals surface area contributed by atoms with Gasteiger partial charge in [0.05, 0.1) is 0 Å². The van der Waals surface area contributed by atoms with E-state index in [1.54, 1.807) is 26.8 Å². The number of allylic oxidation sites excluding steroid dienone is 1. The molecule has 0 amide bonds. The SMILES string of the molecule is CC#COC(=O)C(C)=CC. The highest BCUT2D eigenvalue weighted by Gasteiger charge is 2.00. The van der Waals surface area contributed by atoms with Gasteiger partial charge >= 0.3 is 5.97 Å². The van der Waals surface area contributed by atoms with Gasteiger partial charge in [-0.2, -0.15) is 0 Å². The molecule has 0 aromatic heterocycles. The quantitative estimate of drug-likeness (QED) is 0.311. The molecule has 0 aromatic rings. The van der Waals surface area contributed by atoms with Gasteiger partial charge in [0.25, 0.3) is 0 Å². The van der Waals surface area contributed by atoms with E-state index in [0.717, 1.165) is 0 Å². The molecule has 0 heterocycles. The molecule has 0 saturated carbocycles. The van der Waals surface area contributed by atoms with Crippen LogP contribution in [0.25, 0.3) is 0 Å². The maximum Gasteiger partial charge on any atom is 0.347 e. The number of hydrogen-bond donors (Lipinski definition) is 0. The standard InChI is InChI=1S/C8H10O2/c1-4-6-10-8(9)7(3)5-2/h5H,1-3H3. The van der Waals surface area contributed by atoms with Crippen molar-refractivity contribution in [3.63, 3.8) is 0 Å². The Bertz CT molecular complexity index is 203. The van der Waals surface area contributed by atoms with Gasteiger partial charge in [-0.05, 0) is 13.8 Å². The van der Waals surface area contributed by atoms with Crippen LogP contribution < -0.4 is 0 Å². The number of carbonyl (C=O) groups is 1. The molecule has 2 nitrogen and oxygen atoms in total. The van der Waals surface area contributed by atoms with E-state index in [0.29, 0.717) is 5.57 Å². The minimum atomic E-state index is -0.378. The van der Waals surface area contributed by atoms with E-state index in [2.05, 4.69) is 16.8 Å². The number of ether oxygens (including phenoxy) is 1. The van der Waals surface area contributed by atoms with Gasteiger partial charge in [-0.25, -0.2) is 4.79 Å². The summed E-state index contributed by atoms with van der Waals surface area (Å²) in [6.45, 7) is 5.06. The molecule has 0 aliphatic rings. The molecule has 0 radical (unpaired) electrons. The van der Waals surface area contributed by atoms with Crippen LogP contribution >= 0.6 is 0 Å². The Morgan fingerprint density at radius 2 is 2.20 bits per heavy atom. The summed E-state index contributed by atoms with van der Waals surface area (Å²) >= 11 is 0. The van der Waals surface area contributed by atoms with Crippen LogP contribution in [-0.2, 0) is 9.53 Å². The van der Waals surface area contributed by atoms with Gasteiger partial charge in [0.1, 0.15) is 6.11 Å². The van der Waals surface area contributed by atoms with Crippen molar-refractivity contribution < 1.29 is 9.53 Å². The summed E-state index contributed by atoms with van der Waals surface area (Å²) in [7, 11) is 0. The number of rotatable bonds is 1. The van der Waals surface area contributed by atoms with E-state index in [4.69, 9.17) is 0 Å². The molecule has 0 rings (SSSR count).